The molecule has 31 heavy (non-hydrogen) atoms. The minimum atomic E-state index is -0.227. The largest absolute Gasteiger partial charge is 0.342 e. The highest BCUT2D eigenvalue weighted by molar-refractivity contribution is 5.94. The summed E-state index contributed by atoms with van der Waals surface area (Å²) < 4.78 is 2.21. The number of aryl methyl sites for hydroxylation is 1. The van der Waals surface area contributed by atoms with Crippen molar-refractivity contribution in [3.8, 4) is 0 Å². The molecule has 0 aliphatic rings. The molecule has 1 aromatic heterocycles. The molecule has 1 atom stereocenters. The monoisotopic (exact) mass is 411 g/mol. The van der Waals surface area contributed by atoms with E-state index in [4.69, 9.17) is 4.98 Å². The Morgan fingerprint density at radius 3 is 2.42 bits per heavy atom. The molecule has 4 nitrogen and oxygen atoms in total. The number of amides is 1. The fourth-order valence-electron chi connectivity index (χ4n) is 3.91. The van der Waals surface area contributed by atoms with E-state index in [2.05, 4.69) is 54.1 Å². The van der Waals surface area contributed by atoms with Crippen molar-refractivity contribution in [2.45, 2.75) is 46.2 Å². The molecule has 4 heteroatoms. The fourth-order valence-corrected chi connectivity index (χ4v) is 3.91. The molecule has 0 aliphatic carbocycles. The van der Waals surface area contributed by atoms with E-state index < -0.39 is 0 Å². The molecular weight excluding hydrogens is 382 g/mol. The molecule has 0 saturated carbocycles. The van der Waals surface area contributed by atoms with Gasteiger partial charge < -0.3 is 9.88 Å². The van der Waals surface area contributed by atoms with Crippen molar-refractivity contribution >= 4 is 16.9 Å². The van der Waals surface area contributed by atoms with Gasteiger partial charge in [0, 0.05) is 12.1 Å². The highest BCUT2D eigenvalue weighted by atomic mass is 16.1. The quantitative estimate of drug-likeness (QED) is 0.422. The molecule has 0 saturated heterocycles. The Morgan fingerprint density at radius 2 is 1.71 bits per heavy atom. The topological polar surface area (TPSA) is 46.9 Å². The molecule has 0 fully saturated rings. The molecule has 1 amide bonds. The van der Waals surface area contributed by atoms with Crippen LogP contribution in [-0.4, -0.2) is 15.5 Å². The summed E-state index contributed by atoms with van der Waals surface area (Å²) in [6, 6.07) is 24.3. The van der Waals surface area contributed by atoms with Crippen molar-refractivity contribution in [3.63, 3.8) is 0 Å². The Balaban J connectivity index is 1.65. The van der Waals surface area contributed by atoms with Crippen LogP contribution in [0.15, 0.2) is 72.8 Å². The second-order valence-electron chi connectivity index (χ2n) is 8.51. The Kier molecular flexibility index (Phi) is 5.90. The minimum Gasteiger partial charge on any atom is -0.342 e. The third-order valence-corrected chi connectivity index (χ3v) is 5.69. The van der Waals surface area contributed by atoms with Crippen LogP contribution in [0.2, 0.25) is 0 Å². The number of carbonyl (C=O) groups excluding carboxylic acids is 1. The van der Waals surface area contributed by atoms with E-state index in [0.717, 1.165) is 22.4 Å². The number of benzene rings is 3. The van der Waals surface area contributed by atoms with Crippen LogP contribution >= 0.6 is 0 Å². The first kappa shape index (κ1) is 20.9. The van der Waals surface area contributed by atoms with Gasteiger partial charge in [0.05, 0.1) is 17.1 Å². The first-order valence-electron chi connectivity index (χ1n) is 10.8. The van der Waals surface area contributed by atoms with Gasteiger partial charge in [-0.05, 0) is 55.2 Å². The van der Waals surface area contributed by atoms with Crippen LogP contribution in [0.5, 0.6) is 0 Å². The number of hydrogen-bond acceptors (Lipinski definition) is 2. The molecule has 4 aromatic rings. The van der Waals surface area contributed by atoms with Crippen molar-refractivity contribution in [1.82, 2.24) is 14.9 Å². The molecule has 0 bridgehead atoms. The van der Waals surface area contributed by atoms with Crippen molar-refractivity contribution < 1.29 is 4.79 Å². The van der Waals surface area contributed by atoms with Crippen molar-refractivity contribution in [2.75, 3.05) is 0 Å². The van der Waals surface area contributed by atoms with Crippen molar-refractivity contribution in [1.29, 1.82) is 0 Å². The van der Waals surface area contributed by atoms with Crippen LogP contribution < -0.4 is 5.32 Å². The summed E-state index contributed by atoms with van der Waals surface area (Å²) in [7, 11) is 0. The van der Waals surface area contributed by atoms with E-state index in [9.17, 15) is 4.79 Å². The zero-order valence-corrected chi connectivity index (χ0v) is 18.6. The van der Waals surface area contributed by atoms with Gasteiger partial charge in [-0.1, -0.05) is 67.9 Å². The number of fused-ring (bicyclic) bond motifs is 1. The van der Waals surface area contributed by atoms with E-state index in [-0.39, 0.29) is 11.9 Å². The second kappa shape index (κ2) is 8.76. The standard InChI is InChI=1S/C27H29N3O/c1-18(2)22-14-12-21(13-15-22)17-30-25-11-6-5-10-24(25)29-26(30)20(4)28-27(31)23-9-7-8-19(3)16-23/h5-16,18,20H,17H2,1-4H3,(H,28,31). The van der Waals surface area contributed by atoms with Crippen LogP contribution in [0.4, 0.5) is 0 Å². The highest BCUT2D eigenvalue weighted by Gasteiger charge is 2.19. The summed E-state index contributed by atoms with van der Waals surface area (Å²) in [5, 5.41) is 3.13. The van der Waals surface area contributed by atoms with E-state index in [0.29, 0.717) is 18.0 Å². The lowest BCUT2D eigenvalue weighted by atomic mass is 10.0. The third kappa shape index (κ3) is 4.53. The Labute approximate surface area is 183 Å². The smallest absolute Gasteiger partial charge is 0.251 e. The molecule has 4 rings (SSSR count). The number of nitrogens with one attached hydrogen (secondary N) is 1. The van der Waals surface area contributed by atoms with E-state index in [1.807, 2.05) is 56.3 Å². The summed E-state index contributed by atoms with van der Waals surface area (Å²) in [5.41, 5.74) is 6.29. The summed E-state index contributed by atoms with van der Waals surface area (Å²) in [4.78, 5) is 17.7. The molecule has 1 heterocycles. The predicted molar refractivity (Wildman–Crippen MR) is 126 cm³/mol. The summed E-state index contributed by atoms with van der Waals surface area (Å²) in [5.74, 6) is 1.28. The van der Waals surface area contributed by atoms with Crippen molar-refractivity contribution in [3.05, 3.63) is 101 Å². The molecule has 0 spiro atoms. The van der Waals surface area contributed by atoms with Crippen LogP contribution in [0.25, 0.3) is 11.0 Å². The fraction of sp³-hybridized carbons (Fsp3) is 0.259. The van der Waals surface area contributed by atoms with E-state index in [1.54, 1.807) is 0 Å². The number of hydrogen-bond donors (Lipinski definition) is 1. The number of nitrogens with zero attached hydrogens (tertiary/aromatic N) is 2. The number of rotatable bonds is 6. The third-order valence-electron chi connectivity index (χ3n) is 5.69. The zero-order valence-electron chi connectivity index (χ0n) is 18.6. The number of para-hydroxylation sites is 2. The summed E-state index contributed by atoms with van der Waals surface area (Å²) in [6.45, 7) is 9.10. The maximum absolute atomic E-state index is 12.8. The van der Waals surface area contributed by atoms with Gasteiger partial charge in [-0.15, -0.1) is 0 Å². The van der Waals surface area contributed by atoms with Crippen LogP contribution in [0.3, 0.4) is 0 Å². The molecule has 158 valence electrons. The molecule has 0 aliphatic heterocycles. The molecule has 1 N–H and O–H groups in total. The van der Waals surface area contributed by atoms with Crippen LogP contribution in [0, 0.1) is 6.92 Å². The van der Waals surface area contributed by atoms with Gasteiger partial charge in [-0.25, -0.2) is 4.98 Å². The van der Waals surface area contributed by atoms with Gasteiger partial charge in [-0.3, -0.25) is 4.79 Å². The van der Waals surface area contributed by atoms with Crippen molar-refractivity contribution in [2.24, 2.45) is 0 Å². The molecule has 0 radical (unpaired) electrons. The Morgan fingerprint density at radius 1 is 0.968 bits per heavy atom. The van der Waals surface area contributed by atoms with E-state index >= 15 is 0 Å². The molecular formula is C27H29N3O. The normalized spacial score (nSPS) is 12.3. The van der Waals surface area contributed by atoms with Gasteiger partial charge in [0.15, 0.2) is 0 Å². The predicted octanol–water partition coefficient (Wildman–Crippen LogP) is 6.01. The van der Waals surface area contributed by atoms with Gasteiger partial charge in [0.1, 0.15) is 5.82 Å². The van der Waals surface area contributed by atoms with Crippen LogP contribution in [-0.2, 0) is 6.54 Å². The Bertz CT molecular complexity index is 1200. The number of imidazole rings is 1. The maximum Gasteiger partial charge on any atom is 0.251 e. The lowest BCUT2D eigenvalue weighted by molar-refractivity contribution is 0.0937. The van der Waals surface area contributed by atoms with Gasteiger partial charge in [0.25, 0.3) is 5.91 Å². The average molecular weight is 412 g/mol. The van der Waals surface area contributed by atoms with Gasteiger partial charge >= 0.3 is 0 Å². The Hall–Kier alpha value is -3.40. The maximum atomic E-state index is 12.8. The SMILES string of the molecule is Cc1cccc(C(=O)NC(C)c2nc3ccccc3n2Cc2ccc(C(C)C)cc2)c1. The van der Waals surface area contributed by atoms with Gasteiger partial charge in [-0.2, -0.15) is 0 Å². The zero-order chi connectivity index (χ0) is 22.0. The minimum absolute atomic E-state index is 0.0870. The lowest BCUT2D eigenvalue weighted by Crippen LogP contribution is -2.29. The van der Waals surface area contributed by atoms with Crippen LogP contribution in [0.1, 0.15) is 65.6 Å². The summed E-state index contributed by atoms with van der Waals surface area (Å²) in [6.07, 6.45) is 0. The molecule has 3 aromatic carbocycles. The number of aromatic nitrogens is 2. The first-order chi connectivity index (χ1) is 14.9. The average Bonchev–Trinajstić information content (AvgIpc) is 3.13. The first-order valence-corrected chi connectivity index (χ1v) is 10.8. The molecule has 1 unspecified atom stereocenters. The second-order valence-corrected chi connectivity index (χ2v) is 8.51. The van der Waals surface area contributed by atoms with E-state index in [1.165, 1.54) is 11.1 Å². The van der Waals surface area contributed by atoms with Gasteiger partial charge in [0.2, 0.25) is 0 Å². The highest BCUT2D eigenvalue weighted by Crippen LogP contribution is 2.23. The number of carbonyl (C=O) groups is 1. The summed E-state index contributed by atoms with van der Waals surface area (Å²) >= 11 is 0. The lowest BCUT2D eigenvalue weighted by Gasteiger charge is -2.17.